The van der Waals surface area contributed by atoms with Gasteiger partial charge in [0.1, 0.15) is 5.75 Å². The maximum Gasteiger partial charge on any atom is 0.125 e. The lowest BCUT2D eigenvalue weighted by Gasteiger charge is -2.23. The van der Waals surface area contributed by atoms with Crippen molar-refractivity contribution in [2.24, 2.45) is 0 Å². The quantitative estimate of drug-likeness (QED) is 0.805. The number of benzene rings is 1. The predicted octanol–water partition coefficient (Wildman–Crippen LogP) is 1.50. The van der Waals surface area contributed by atoms with E-state index in [1.165, 1.54) is 0 Å². The molecule has 2 rings (SSSR count). The third-order valence-electron chi connectivity index (χ3n) is 3.26. The zero-order valence-electron chi connectivity index (χ0n) is 10.5. The Balaban J connectivity index is 2.06. The first-order valence-electron chi connectivity index (χ1n) is 5.91. The van der Waals surface area contributed by atoms with Crippen LogP contribution in [-0.2, 0) is 11.3 Å². The first kappa shape index (κ1) is 12.2. The second kappa shape index (κ2) is 5.38. The van der Waals surface area contributed by atoms with Gasteiger partial charge in [-0.3, -0.25) is 4.90 Å². The molecule has 0 bridgehead atoms. The molecule has 94 valence electrons. The Morgan fingerprint density at radius 3 is 3.00 bits per heavy atom. The highest BCUT2D eigenvalue weighted by Crippen LogP contribution is 2.24. The Bertz CT molecular complexity index is 376. The van der Waals surface area contributed by atoms with Crippen molar-refractivity contribution in [1.82, 2.24) is 4.90 Å². The summed E-state index contributed by atoms with van der Waals surface area (Å²) in [4.78, 5) is 2.31. The summed E-state index contributed by atoms with van der Waals surface area (Å²) in [7, 11) is 3.80. The summed E-state index contributed by atoms with van der Waals surface area (Å²) in [5, 5.41) is 0. The van der Waals surface area contributed by atoms with Gasteiger partial charge >= 0.3 is 0 Å². The van der Waals surface area contributed by atoms with Gasteiger partial charge in [0.15, 0.2) is 0 Å². The number of nitrogens with two attached hydrogens (primary N) is 1. The summed E-state index contributed by atoms with van der Waals surface area (Å²) in [5.41, 5.74) is 7.64. The number of hydrogen-bond acceptors (Lipinski definition) is 4. The number of nitrogens with zero attached hydrogens (tertiary/aromatic N) is 1. The minimum absolute atomic E-state index is 0.511. The van der Waals surface area contributed by atoms with Crippen molar-refractivity contribution in [2.75, 3.05) is 33.1 Å². The van der Waals surface area contributed by atoms with E-state index in [2.05, 4.69) is 11.9 Å². The normalized spacial score (nSPS) is 19.8. The molecule has 1 atom stereocenters. The number of likely N-dealkylation sites (N-methyl/N-ethyl adjacent to an activating group) is 1. The monoisotopic (exact) mass is 236 g/mol. The van der Waals surface area contributed by atoms with Crippen LogP contribution in [0.15, 0.2) is 18.2 Å². The number of methoxy groups -OCH3 is 1. The van der Waals surface area contributed by atoms with E-state index in [1.54, 1.807) is 7.11 Å². The van der Waals surface area contributed by atoms with Gasteiger partial charge < -0.3 is 15.2 Å². The van der Waals surface area contributed by atoms with E-state index in [9.17, 15) is 0 Å². The molecule has 0 radical (unpaired) electrons. The first-order valence-corrected chi connectivity index (χ1v) is 5.91. The molecule has 1 aromatic carbocycles. The predicted molar refractivity (Wildman–Crippen MR) is 68.1 cm³/mol. The number of rotatable bonds is 4. The Kier molecular flexibility index (Phi) is 3.86. The third-order valence-corrected chi connectivity index (χ3v) is 3.26. The van der Waals surface area contributed by atoms with Crippen molar-refractivity contribution >= 4 is 5.69 Å². The fourth-order valence-electron chi connectivity index (χ4n) is 2.16. The molecular weight excluding hydrogens is 216 g/mol. The SMILES string of the molecule is COc1cc(N)ccc1CN(C)C1CCOC1. The summed E-state index contributed by atoms with van der Waals surface area (Å²) < 4.78 is 10.8. The molecule has 1 heterocycles. The van der Waals surface area contributed by atoms with E-state index in [-0.39, 0.29) is 0 Å². The Morgan fingerprint density at radius 1 is 1.53 bits per heavy atom. The molecule has 4 heteroatoms. The Hall–Kier alpha value is -1.26. The molecule has 1 aromatic rings. The van der Waals surface area contributed by atoms with Crippen LogP contribution in [-0.4, -0.2) is 38.3 Å². The molecule has 2 N–H and O–H groups in total. The van der Waals surface area contributed by atoms with E-state index >= 15 is 0 Å². The molecule has 0 aliphatic carbocycles. The Morgan fingerprint density at radius 2 is 2.35 bits per heavy atom. The Labute approximate surface area is 102 Å². The molecule has 1 fully saturated rings. The van der Waals surface area contributed by atoms with Gasteiger partial charge in [-0.25, -0.2) is 0 Å². The fourth-order valence-corrected chi connectivity index (χ4v) is 2.16. The van der Waals surface area contributed by atoms with Crippen LogP contribution in [0.2, 0.25) is 0 Å². The van der Waals surface area contributed by atoms with E-state index in [0.717, 1.165) is 43.2 Å². The van der Waals surface area contributed by atoms with Crippen molar-refractivity contribution in [3.63, 3.8) is 0 Å². The second-order valence-corrected chi connectivity index (χ2v) is 4.50. The largest absolute Gasteiger partial charge is 0.496 e. The van der Waals surface area contributed by atoms with Gasteiger partial charge in [0.05, 0.1) is 13.7 Å². The second-order valence-electron chi connectivity index (χ2n) is 4.50. The standard InChI is InChI=1S/C13H20N2O2/c1-15(12-5-6-17-9-12)8-10-3-4-11(14)7-13(10)16-2/h3-4,7,12H,5-6,8-9,14H2,1-2H3. The molecule has 0 saturated carbocycles. The highest BCUT2D eigenvalue weighted by atomic mass is 16.5. The lowest BCUT2D eigenvalue weighted by Crippen LogP contribution is -2.31. The lowest BCUT2D eigenvalue weighted by atomic mass is 10.1. The lowest BCUT2D eigenvalue weighted by molar-refractivity contribution is 0.156. The van der Waals surface area contributed by atoms with Crippen LogP contribution in [0.5, 0.6) is 5.75 Å². The number of ether oxygens (including phenoxy) is 2. The van der Waals surface area contributed by atoms with E-state index in [0.29, 0.717) is 6.04 Å². The van der Waals surface area contributed by atoms with Crippen molar-refractivity contribution in [3.05, 3.63) is 23.8 Å². The fraction of sp³-hybridized carbons (Fsp3) is 0.538. The van der Waals surface area contributed by atoms with Crippen LogP contribution >= 0.6 is 0 Å². The van der Waals surface area contributed by atoms with E-state index in [4.69, 9.17) is 15.2 Å². The molecule has 4 nitrogen and oxygen atoms in total. The summed E-state index contributed by atoms with van der Waals surface area (Å²) in [5.74, 6) is 0.857. The van der Waals surface area contributed by atoms with Gasteiger partial charge in [0, 0.05) is 36.5 Å². The van der Waals surface area contributed by atoms with Crippen LogP contribution in [0.3, 0.4) is 0 Å². The van der Waals surface area contributed by atoms with Crippen molar-refractivity contribution in [1.29, 1.82) is 0 Å². The van der Waals surface area contributed by atoms with Crippen molar-refractivity contribution in [2.45, 2.75) is 19.0 Å². The average molecular weight is 236 g/mol. The van der Waals surface area contributed by atoms with Crippen LogP contribution in [0.25, 0.3) is 0 Å². The van der Waals surface area contributed by atoms with E-state index < -0.39 is 0 Å². The van der Waals surface area contributed by atoms with Gasteiger partial charge in [-0.2, -0.15) is 0 Å². The summed E-state index contributed by atoms with van der Waals surface area (Å²) in [6.07, 6.45) is 1.10. The third kappa shape index (κ3) is 2.90. The van der Waals surface area contributed by atoms with Gasteiger partial charge in [-0.05, 0) is 19.5 Å². The topological polar surface area (TPSA) is 47.7 Å². The van der Waals surface area contributed by atoms with Crippen molar-refractivity contribution < 1.29 is 9.47 Å². The zero-order chi connectivity index (χ0) is 12.3. The molecule has 1 unspecified atom stereocenters. The summed E-state index contributed by atoms with van der Waals surface area (Å²) >= 11 is 0. The minimum Gasteiger partial charge on any atom is -0.496 e. The molecule has 0 spiro atoms. The van der Waals surface area contributed by atoms with Gasteiger partial charge in [0.2, 0.25) is 0 Å². The van der Waals surface area contributed by atoms with Crippen LogP contribution in [0.1, 0.15) is 12.0 Å². The van der Waals surface area contributed by atoms with Crippen LogP contribution in [0.4, 0.5) is 5.69 Å². The smallest absolute Gasteiger partial charge is 0.125 e. The van der Waals surface area contributed by atoms with Gasteiger partial charge in [-0.15, -0.1) is 0 Å². The molecule has 1 aliphatic rings. The molecule has 0 aromatic heterocycles. The van der Waals surface area contributed by atoms with Gasteiger partial charge in [0.25, 0.3) is 0 Å². The van der Waals surface area contributed by atoms with Crippen LogP contribution in [0, 0.1) is 0 Å². The maximum atomic E-state index is 5.74. The number of anilines is 1. The average Bonchev–Trinajstić information content (AvgIpc) is 2.85. The van der Waals surface area contributed by atoms with Crippen molar-refractivity contribution in [3.8, 4) is 5.75 Å². The molecular formula is C13H20N2O2. The van der Waals surface area contributed by atoms with Crippen LogP contribution < -0.4 is 10.5 Å². The number of nitrogen functional groups attached to an aromatic ring is 1. The number of hydrogen-bond donors (Lipinski definition) is 1. The van der Waals surface area contributed by atoms with E-state index in [1.807, 2.05) is 18.2 Å². The maximum absolute atomic E-state index is 5.74. The van der Waals surface area contributed by atoms with Gasteiger partial charge in [-0.1, -0.05) is 6.07 Å². The highest BCUT2D eigenvalue weighted by Gasteiger charge is 2.21. The summed E-state index contributed by atoms with van der Waals surface area (Å²) in [6.45, 7) is 2.55. The zero-order valence-corrected chi connectivity index (χ0v) is 10.5. The molecule has 1 aliphatic heterocycles. The molecule has 1 saturated heterocycles. The molecule has 0 amide bonds. The highest BCUT2D eigenvalue weighted by molar-refractivity contribution is 5.48. The summed E-state index contributed by atoms with van der Waals surface area (Å²) in [6, 6.07) is 6.32. The molecule has 17 heavy (non-hydrogen) atoms. The first-order chi connectivity index (χ1) is 8.20. The minimum atomic E-state index is 0.511.